The summed E-state index contributed by atoms with van der Waals surface area (Å²) in [5, 5.41) is 8.68. The average molecular weight is 374 g/mol. The van der Waals surface area contributed by atoms with Crippen molar-refractivity contribution in [3.05, 3.63) is 54.4 Å². The van der Waals surface area contributed by atoms with Gasteiger partial charge in [-0.3, -0.25) is 0 Å². The number of H-pyrrole nitrogens is 1. The molecule has 0 spiro atoms. The van der Waals surface area contributed by atoms with E-state index in [4.69, 9.17) is 4.42 Å². The van der Waals surface area contributed by atoms with Crippen LogP contribution in [0, 0.1) is 0 Å². The minimum atomic E-state index is -2.86. The summed E-state index contributed by atoms with van der Waals surface area (Å²) in [7, 11) is 0. The Hall–Kier alpha value is -2.94. The van der Waals surface area contributed by atoms with Crippen molar-refractivity contribution in [1.29, 1.82) is 0 Å². The van der Waals surface area contributed by atoms with Crippen LogP contribution in [0.5, 0.6) is 5.75 Å². The van der Waals surface area contributed by atoms with E-state index in [1.54, 1.807) is 6.07 Å². The number of halogens is 2. The van der Waals surface area contributed by atoms with Crippen molar-refractivity contribution < 1.29 is 17.9 Å². The highest BCUT2D eigenvalue weighted by molar-refractivity contribution is 7.98. The molecule has 0 amide bonds. The van der Waals surface area contributed by atoms with E-state index in [1.165, 1.54) is 23.9 Å². The first-order valence-corrected chi connectivity index (χ1v) is 8.61. The van der Waals surface area contributed by atoms with Crippen LogP contribution in [0.25, 0.3) is 22.5 Å². The number of hydrogen-bond acceptors (Lipinski definition) is 6. The molecule has 9 heteroatoms. The third kappa shape index (κ3) is 3.67. The number of imidazole rings is 1. The molecule has 0 saturated heterocycles. The third-order valence-electron chi connectivity index (χ3n) is 3.48. The number of nitrogens with one attached hydrogen (secondary N) is 1. The number of aromatic nitrogens is 4. The van der Waals surface area contributed by atoms with Crippen LogP contribution >= 0.6 is 11.8 Å². The number of hydrogen-bond donors (Lipinski definition) is 1. The highest BCUT2D eigenvalue weighted by Crippen LogP contribution is 2.26. The van der Waals surface area contributed by atoms with Gasteiger partial charge in [-0.2, -0.15) is 8.78 Å². The lowest BCUT2D eigenvalue weighted by atomic mass is 10.2. The number of thioether (sulfide) groups is 1. The van der Waals surface area contributed by atoms with Crippen molar-refractivity contribution in [1.82, 2.24) is 20.2 Å². The molecule has 2 aromatic carbocycles. The molecular formula is C17H12F2N4O2S. The van der Waals surface area contributed by atoms with Crippen LogP contribution in [-0.4, -0.2) is 26.8 Å². The van der Waals surface area contributed by atoms with Gasteiger partial charge < -0.3 is 14.1 Å². The SMILES string of the molecule is FC(F)Oc1ccc2nc(SCc3nnc(-c4ccccc4)o3)[nH]c2c1. The van der Waals surface area contributed by atoms with Crippen molar-refractivity contribution in [2.75, 3.05) is 0 Å². The summed E-state index contributed by atoms with van der Waals surface area (Å²) in [5.74, 6) is 1.44. The van der Waals surface area contributed by atoms with Gasteiger partial charge in [0.15, 0.2) is 5.16 Å². The van der Waals surface area contributed by atoms with E-state index >= 15 is 0 Å². The predicted molar refractivity (Wildman–Crippen MR) is 92.0 cm³/mol. The molecule has 0 aliphatic rings. The fourth-order valence-electron chi connectivity index (χ4n) is 2.35. The highest BCUT2D eigenvalue weighted by Gasteiger charge is 2.11. The van der Waals surface area contributed by atoms with Crippen LogP contribution in [0.2, 0.25) is 0 Å². The van der Waals surface area contributed by atoms with Gasteiger partial charge in [0.25, 0.3) is 0 Å². The minimum Gasteiger partial charge on any atom is -0.435 e. The largest absolute Gasteiger partial charge is 0.435 e. The lowest BCUT2D eigenvalue weighted by Crippen LogP contribution is -2.01. The Bertz CT molecular complexity index is 1020. The van der Waals surface area contributed by atoms with Crippen molar-refractivity contribution in [3.63, 3.8) is 0 Å². The van der Waals surface area contributed by atoms with Crippen molar-refractivity contribution >= 4 is 22.8 Å². The first kappa shape index (κ1) is 16.5. The fraction of sp³-hybridized carbons (Fsp3) is 0.118. The summed E-state index contributed by atoms with van der Waals surface area (Å²) in [6, 6.07) is 14.0. The molecule has 0 aliphatic heterocycles. The number of alkyl halides is 2. The van der Waals surface area contributed by atoms with E-state index in [0.29, 0.717) is 33.7 Å². The highest BCUT2D eigenvalue weighted by atomic mass is 32.2. The third-order valence-corrected chi connectivity index (χ3v) is 4.33. The molecule has 4 aromatic rings. The van der Waals surface area contributed by atoms with Crippen LogP contribution in [0.4, 0.5) is 8.78 Å². The van der Waals surface area contributed by atoms with Crippen molar-refractivity contribution in [2.45, 2.75) is 17.5 Å². The number of ether oxygens (including phenoxy) is 1. The summed E-state index contributed by atoms with van der Waals surface area (Å²) >= 11 is 1.38. The Morgan fingerprint density at radius 3 is 2.77 bits per heavy atom. The molecule has 0 fully saturated rings. The zero-order valence-electron chi connectivity index (χ0n) is 13.2. The molecular weight excluding hydrogens is 362 g/mol. The van der Waals surface area contributed by atoms with Crippen molar-refractivity contribution in [2.24, 2.45) is 0 Å². The maximum atomic E-state index is 12.3. The Morgan fingerprint density at radius 2 is 1.96 bits per heavy atom. The van der Waals surface area contributed by atoms with Gasteiger partial charge in [-0.1, -0.05) is 30.0 Å². The van der Waals surface area contributed by atoms with E-state index in [9.17, 15) is 8.78 Å². The van der Waals surface area contributed by atoms with Crippen LogP contribution in [-0.2, 0) is 5.75 Å². The Kier molecular flexibility index (Phi) is 4.53. The first-order valence-electron chi connectivity index (χ1n) is 7.62. The van der Waals surface area contributed by atoms with Crippen LogP contribution < -0.4 is 4.74 Å². The second-order valence-corrected chi connectivity index (χ2v) is 6.22. The normalized spacial score (nSPS) is 11.3. The number of aromatic amines is 1. The van der Waals surface area contributed by atoms with Gasteiger partial charge in [0.1, 0.15) is 5.75 Å². The smallest absolute Gasteiger partial charge is 0.387 e. The summed E-state index contributed by atoms with van der Waals surface area (Å²) < 4.78 is 34.6. The fourth-order valence-corrected chi connectivity index (χ4v) is 3.07. The second kappa shape index (κ2) is 7.12. The summed E-state index contributed by atoms with van der Waals surface area (Å²) in [6.07, 6.45) is 0. The molecule has 0 bridgehead atoms. The minimum absolute atomic E-state index is 0.0807. The van der Waals surface area contributed by atoms with Crippen LogP contribution in [0.3, 0.4) is 0 Å². The molecule has 26 heavy (non-hydrogen) atoms. The molecule has 0 unspecified atom stereocenters. The molecule has 2 aromatic heterocycles. The number of nitrogens with zero attached hydrogens (tertiary/aromatic N) is 3. The van der Waals surface area contributed by atoms with Crippen molar-refractivity contribution in [3.8, 4) is 17.2 Å². The molecule has 4 rings (SSSR count). The number of rotatable bonds is 6. The maximum Gasteiger partial charge on any atom is 0.387 e. The quantitative estimate of drug-likeness (QED) is 0.501. The molecule has 0 radical (unpaired) electrons. The molecule has 0 atom stereocenters. The first-order chi connectivity index (χ1) is 12.7. The van der Waals surface area contributed by atoms with E-state index in [2.05, 4.69) is 24.9 Å². The summed E-state index contributed by atoms with van der Waals surface area (Å²) in [6.45, 7) is -2.86. The molecule has 1 N–H and O–H groups in total. The monoisotopic (exact) mass is 374 g/mol. The molecule has 132 valence electrons. The zero-order chi connectivity index (χ0) is 17.9. The van der Waals surface area contributed by atoms with Crippen LogP contribution in [0.15, 0.2) is 58.1 Å². The molecule has 0 saturated carbocycles. The van der Waals surface area contributed by atoms with Gasteiger partial charge >= 0.3 is 6.61 Å². The topological polar surface area (TPSA) is 76.8 Å². The predicted octanol–water partition coefficient (Wildman–Crippen LogP) is 4.51. The lowest BCUT2D eigenvalue weighted by Gasteiger charge is -2.02. The van der Waals surface area contributed by atoms with E-state index < -0.39 is 6.61 Å². The molecule has 2 heterocycles. The van der Waals surface area contributed by atoms with Gasteiger partial charge in [-0.05, 0) is 24.3 Å². The average Bonchev–Trinajstić information content (AvgIpc) is 3.26. The second-order valence-electron chi connectivity index (χ2n) is 5.26. The van der Waals surface area contributed by atoms with Crippen LogP contribution in [0.1, 0.15) is 5.89 Å². The van der Waals surface area contributed by atoms with Gasteiger partial charge in [0.2, 0.25) is 11.8 Å². The van der Waals surface area contributed by atoms with Gasteiger partial charge in [0.05, 0.1) is 16.8 Å². The van der Waals surface area contributed by atoms with E-state index in [0.717, 1.165) is 5.56 Å². The maximum absolute atomic E-state index is 12.3. The molecule has 0 aliphatic carbocycles. The van der Waals surface area contributed by atoms with Gasteiger partial charge in [-0.25, -0.2) is 4.98 Å². The Balaban J connectivity index is 1.45. The number of fused-ring (bicyclic) bond motifs is 1. The zero-order valence-corrected chi connectivity index (χ0v) is 14.0. The van der Waals surface area contributed by atoms with E-state index in [-0.39, 0.29) is 5.75 Å². The Morgan fingerprint density at radius 1 is 1.12 bits per heavy atom. The summed E-state index contributed by atoms with van der Waals surface area (Å²) in [5.41, 5.74) is 2.12. The lowest BCUT2D eigenvalue weighted by molar-refractivity contribution is -0.0497. The number of benzene rings is 2. The summed E-state index contributed by atoms with van der Waals surface area (Å²) in [4.78, 5) is 7.44. The van der Waals surface area contributed by atoms with E-state index in [1.807, 2.05) is 30.3 Å². The van der Waals surface area contributed by atoms with Gasteiger partial charge in [-0.15, -0.1) is 10.2 Å². The Labute approximate surface area is 150 Å². The standard InChI is InChI=1S/C17H12F2N4O2S/c18-16(19)24-11-6-7-12-13(8-11)21-17(20-12)26-9-14-22-23-15(25-14)10-4-2-1-3-5-10/h1-8,16H,9H2,(H,20,21). The molecule has 6 nitrogen and oxygen atoms in total. The van der Waals surface area contributed by atoms with Gasteiger partial charge in [0, 0.05) is 11.6 Å².